The van der Waals surface area contributed by atoms with Crippen molar-refractivity contribution < 1.29 is 18.9 Å². The van der Waals surface area contributed by atoms with E-state index in [9.17, 15) is 0 Å². The number of rotatable bonds is 4. The molecule has 0 aliphatic heterocycles. The molecule has 1 heterocycles. The zero-order chi connectivity index (χ0) is 21.0. The maximum atomic E-state index is 5.41. The SMILES string of the molecule is COc1cc2ccc3cc(OC)c(OC)cc3c2cc1OC.Cc1cn(C)cn1. The molecule has 0 fully saturated rings. The Morgan fingerprint density at radius 3 is 1.38 bits per heavy atom. The molecular formula is C23H26N2O4. The Bertz CT molecular complexity index is 1050. The third kappa shape index (κ3) is 4.21. The molecular weight excluding hydrogens is 368 g/mol. The molecule has 0 unspecified atom stereocenters. The fourth-order valence-electron chi connectivity index (χ4n) is 3.25. The molecule has 0 atom stereocenters. The number of nitrogens with zero attached hydrogens (tertiary/aromatic N) is 2. The van der Waals surface area contributed by atoms with Gasteiger partial charge >= 0.3 is 0 Å². The molecule has 1 aromatic heterocycles. The summed E-state index contributed by atoms with van der Waals surface area (Å²) in [6, 6.07) is 12.1. The highest BCUT2D eigenvalue weighted by Gasteiger charge is 2.11. The van der Waals surface area contributed by atoms with Gasteiger partial charge in [-0.15, -0.1) is 0 Å². The lowest BCUT2D eigenvalue weighted by atomic mass is 10.0. The molecule has 0 bridgehead atoms. The molecule has 4 aromatic rings. The van der Waals surface area contributed by atoms with Gasteiger partial charge in [0.05, 0.1) is 40.5 Å². The van der Waals surface area contributed by atoms with Crippen molar-refractivity contribution in [2.75, 3.05) is 28.4 Å². The van der Waals surface area contributed by atoms with Crippen LogP contribution in [0.4, 0.5) is 0 Å². The van der Waals surface area contributed by atoms with E-state index in [1.54, 1.807) is 34.8 Å². The molecule has 152 valence electrons. The Hall–Kier alpha value is -3.41. The lowest BCUT2D eigenvalue weighted by Crippen LogP contribution is -1.92. The summed E-state index contributed by atoms with van der Waals surface area (Å²) in [5.41, 5.74) is 1.07. The Morgan fingerprint density at radius 1 is 0.690 bits per heavy atom. The van der Waals surface area contributed by atoms with E-state index >= 15 is 0 Å². The molecule has 0 amide bonds. The van der Waals surface area contributed by atoms with Crippen LogP contribution in [0.25, 0.3) is 21.5 Å². The van der Waals surface area contributed by atoms with E-state index in [1.807, 2.05) is 49.0 Å². The first kappa shape index (κ1) is 20.3. The molecule has 0 saturated heterocycles. The maximum Gasteiger partial charge on any atom is 0.161 e. The average molecular weight is 394 g/mol. The Morgan fingerprint density at radius 2 is 1.10 bits per heavy atom. The van der Waals surface area contributed by atoms with Crippen molar-refractivity contribution in [2.24, 2.45) is 7.05 Å². The summed E-state index contributed by atoms with van der Waals surface area (Å²) in [4.78, 5) is 3.98. The van der Waals surface area contributed by atoms with Gasteiger partial charge in [-0.25, -0.2) is 4.98 Å². The van der Waals surface area contributed by atoms with Gasteiger partial charge in [-0.2, -0.15) is 0 Å². The van der Waals surface area contributed by atoms with Crippen molar-refractivity contribution in [1.82, 2.24) is 9.55 Å². The summed E-state index contributed by atoms with van der Waals surface area (Å²) >= 11 is 0. The molecule has 6 nitrogen and oxygen atoms in total. The smallest absolute Gasteiger partial charge is 0.161 e. The number of hydrogen-bond acceptors (Lipinski definition) is 5. The number of fused-ring (bicyclic) bond motifs is 3. The zero-order valence-electron chi connectivity index (χ0n) is 17.6. The highest BCUT2D eigenvalue weighted by Crippen LogP contribution is 2.39. The van der Waals surface area contributed by atoms with E-state index in [2.05, 4.69) is 17.1 Å². The molecule has 4 rings (SSSR count). The van der Waals surface area contributed by atoms with E-state index in [1.165, 1.54) is 0 Å². The van der Waals surface area contributed by atoms with Crippen molar-refractivity contribution in [3.8, 4) is 23.0 Å². The predicted octanol–water partition coefficient (Wildman–Crippen LogP) is 4.76. The number of benzene rings is 3. The van der Waals surface area contributed by atoms with E-state index in [0.29, 0.717) is 11.5 Å². The van der Waals surface area contributed by atoms with Crippen LogP contribution in [-0.2, 0) is 7.05 Å². The van der Waals surface area contributed by atoms with Gasteiger partial charge in [0.15, 0.2) is 23.0 Å². The molecule has 0 N–H and O–H groups in total. The van der Waals surface area contributed by atoms with Gasteiger partial charge in [0, 0.05) is 13.2 Å². The molecule has 29 heavy (non-hydrogen) atoms. The fourth-order valence-corrected chi connectivity index (χ4v) is 3.25. The topological polar surface area (TPSA) is 54.7 Å². The second-order valence-corrected chi connectivity index (χ2v) is 6.60. The van der Waals surface area contributed by atoms with E-state index in [-0.39, 0.29) is 0 Å². The van der Waals surface area contributed by atoms with Crippen LogP contribution >= 0.6 is 0 Å². The summed E-state index contributed by atoms with van der Waals surface area (Å²) < 4.78 is 23.5. The Balaban J connectivity index is 0.000000290. The third-order valence-electron chi connectivity index (χ3n) is 4.68. The van der Waals surface area contributed by atoms with Crippen molar-refractivity contribution >= 4 is 21.5 Å². The molecule has 0 radical (unpaired) electrons. The number of aryl methyl sites for hydroxylation is 2. The Kier molecular flexibility index (Phi) is 6.12. The van der Waals surface area contributed by atoms with Crippen LogP contribution in [0.5, 0.6) is 23.0 Å². The fraction of sp³-hybridized carbons (Fsp3) is 0.261. The van der Waals surface area contributed by atoms with Crippen LogP contribution in [0.3, 0.4) is 0 Å². The first-order valence-corrected chi connectivity index (χ1v) is 9.15. The van der Waals surface area contributed by atoms with Gasteiger partial charge in [-0.05, 0) is 52.7 Å². The van der Waals surface area contributed by atoms with Crippen molar-refractivity contribution in [2.45, 2.75) is 6.92 Å². The van der Waals surface area contributed by atoms with Gasteiger partial charge in [-0.3, -0.25) is 0 Å². The zero-order valence-corrected chi connectivity index (χ0v) is 17.6. The molecule has 3 aromatic carbocycles. The van der Waals surface area contributed by atoms with E-state index in [0.717, 1.165) is 38.7 Å². The second-order valence-electron chi connectivity index (χ2n) is 6.60. The minimum Gasteiger partial charge on any atom is -0.493 e. The van der Waals surface area contributed by atoms with Crippen LogP contribution in [0.2, 0.25) is 0 Å². The third-order valence-corrected chi connectivity index (χ3v) is 4.68. The van der Waals surface area contributed by atoms with Crippen molar-refractivity contribution in [3.05, 3.63) is 54.6 Å². The number of hydrogen-bond donors (Lipinski definition) is 0. The second kappa shape index (κ2) is 8.73. The van der Waals surface area contributed by atoms with Gasteiger partial charge in [-0.1, -0.05) is 12.1 Å². The van der Waals surface area contributed by atoms with E-state index in [4.69, 9.17) is 18.9 Å². The number of aromatic nitrogens is 2. The van der Waals surface area contributed by atoms with Crippen LogP contribution in [0, 0.1) is 6.92 Å². The van der Waals surface area contributed by atoms with E-state index < -0.39 is 0 Å². The first-order chi connectivity index (χ1) is 14.0. The summed E-state index contributed by atoms with van der Waals surface area (Å²) in [7, 11) is 8.51. The molecule has 0 aliphatic carbocycles. The number of methoxy groups -OCH3 is 4. The summed E-state index contributed by atoms with van der Waals surface area (Å²) in [6.07, 6.45) is 3.76. The van der Waals surface area contributed by atoms with Crippen LogP contribution in [0.1, 0.15) is 5.69 Å². The average Bonchev–Trinajstić information content (AvgIpc) is 3.14. The lowest BCUT2D eigenvalue weighted by molar-refractivity contribution is 0.355. The summed E-state index contributed by atoms with van der Waals surface area (Å²) in [5, 5.41) is 4.32. The quantitative estimate of drug-likeness (QED) is 0.467. The minimum atomic E-state index is 0.706. The molecule has 0 aliphatic rings. The van der Waals surface area contributed by atoms with Crippen LogP contribution in [0.15, 0.2) is 48.9 Å². The standard InChI is InChI=1S/C18H18O4.C5H8N2/c1-19-15-7-11-5-6-12-8-16(20-2)18(22-4)10-14(12)13(11)9-17(15)21-3;1-5-3-7(2)4-6-5/h5-10H,1-4H3;3-4H,1-2H3. The Labute approximate surface area is 170 Å². The molecule has 0 spiro atoms. The van der Waals surface area contributed by atoms with Crippen LogP contribution < -0.4 is 18.9 Å². The maximum absolute atomic E-state index is 5.41. The van der Waals surface area contributed by atoms with Gasteiger partial charge in [0.25, 0.3) is 0 Å². The van der Waals surface area contributed by atoms with Gasteiger partial charge < -0.3 is 23.5 Å². The number of ether oxygens (including phenoxy) is 4. The minimum absolute atomic E-state index is 0.706. The molecule has 0 saturated carbocycles. The first-order valence-electron chi connectivity index (χ1n) is 9.15. The monoisotopic (exact) mass is 394 g/mol. The predicted molar refractivity (Wildman–Crippen MR) is 116 cm³/mol. The molecule has 6 heteroatoms. The number of imidazole rings is 1. The summed E-state index contributed by atoms with van der Waals surface area (Å²) in [5.74, 6) is 2.85. The highest BCUT2D eigenvalue weighted by atomic mass is 16.5. The normalized spacial score (nSPS) is 10.4. The van der Waals surface area contributed by atoms with Crippen molar-refractivity contribution in [1.29, 1.82) is 0 Å². The van der Waals surface area contributed by atoms with Gasteiger partial charge in [0.1, 0.15) is 0 Å². The largest absolute Gasteiger partial charge is 0.493 e. The van der Waals surface area contributed by atoms with Gasteiger partial charge in [0.2, 0.25) is 0 Å². The highest BCUT2D eigenvalue weighted by molar-refractivity contribution is 6.09. The van der Waals surface area contributed by atoms with Crippen molar-refractivity contribution in [3.63, 3.8) is 0 Å². The summed E-state index contributed by atoms with van der Waals surface area (Å²) in [6.45, 7) is 1.97. The lowest BCUT2D eigenvalue weighted by Gasteiger charge is -2.13. The van der Waals surface area contributed by atoms with Crippen LogP contribution in [-0.4, -0.2) is 38.0 Å².